The molecule has 0 heterocycles. The van der Waals surface area contributed by atoms with Crippen LogP contribution in [0.1, 0.15) is 38.2 Å². The fourth-order valence-electron chi connectivity index (χ4n) is 2.99. The molecule has 1 aromatic rings. The molecule has 0 N–H and O–H groups in total. The minimum absolute atomic E-state index is 0.296. The molecule has 0 aliphatic heterocycles. The van der Waals surface area contributed by atoms with Crippen molar-refractivity contribution in [1.29, 1.82) is 5.26 Å². The number of nitrogens with zero attached hydrogens (tertiary/aromatic N) is 1. The maximum Gasteiger partial charge on any atom is 0.127 e. The smallest absolute Gasteiger partial charge is 0.127 e. The number of halogens is 2. The lowest BCUT2D eigenvalue weighted by atomic mass is 9.68. The van der Waals surface area contributed by atoms with E-state index in [4.69, 9.17) is 11.6 Å². The molecule has 1 saturated carbocycles. The Labute approximate surface area is 113 Å². The van der Waals surface area contributed by atoms with E-state index >= 15 is 0 Å². The van der Waals surface area contributed by atoms with E-state index in [2.05, 4.69) is 13.0 Å². The molecular formula is C15H17ClFN. The third-order valence-corrected chi connectivity index (χ3v) is 4.11. The molecule has 1 nitrogen and oxygen atoms in total. The van der Waals surface area contributed by atoms with Crippen LogP contribution in [-0.4, -0.2) is 0 Å². The van der Waals surface area contributed by atoms with Crippen molar-refractivity contribution in [2.75, 3.05) is 0 Å². The van der Waals surface area contributed by atoms with E-state index in [-0.39, 0.29) is 5.82 Å². The molecule has 0 radical (unpaired) electrons. The van der Waals surface area contributed by atoms with Gasteiger partial charge in [0.1, 0.15) is 5.82 Å². The van der Waals surface area contributed by atoms with Crippen molar-refractivity contribution in [3.8, 4) is 6.07 Å². The summed E-state index contributed by atoms with van der Waals surface area (Å²) in [6.45, 7) is 2.17. The Morgan fingerprint density at radius 3 is 2.94 bits per heavy atom. The highest BCUT2D eigenvalue weighted by molar-refractivity contribution is 6.30. The van der Waals surface area contributed by atoms with Crippen LogP contribution in [0.5, 0.6) is 0 Å². The van der Waals surface area contributed by atoms with Gasteiger partial charge in [0.15, 0.2) is 0 Å². The Morgan fingerprint density at radius 1 is 1.56 bits per heavy atom. The van der Waals surface area contributed by atoms with Crippen molar-refractivity contribution in [2.24, 2.45) is 11.3 Å². The van der Waals surface area contributed by atoms with E-state index in [9.17, 15) is 9.65 Å². The average Bonchev–Trinajstić information content (AvgIpc) is 2.33. The van der Waals surface area contributed by atoms with Crippen molar-refractivity contribution in [1.82, 2.24) is 0 Å². The molecular weight excluding hydrogens is 249 g/mol. The van der Waals surface area contributed by atoms with E-state index in [1.165, 1.54) is 12.5 Å². The summed E-state index contributed by atoms with van der Waals surface area (Å²) in [5.41, 5.74) is 0.210. The quantitative estimate of drug-likeness (QED) is 0.758. The second kappa shape index (κ2) is 5.28. The predicted molar refractivity (Wildman–Crippen MR) is 70.8 cm³/mol. The summed E-state index contributed by atoms with van der Waals surface area (Å²) < 4.78 is 13.8. The molecule has 2 rings (SSSR count). The molecule has 0 aromatic heterocycles. The van der Waals surface area contributed by atoms with Crippen LogP contribution in [0.25, 0.3) is 0 Å². The molecule has 96 valence electrons. The summed E-state index contributed by atoms with van der Waals surface area (Å²) in [7, 11) is 0. The largest absolute Gasteiger partial charge is 0.207 e. The molecule has 0 saturated heterocycles. The molecule has 0 spiro atoms. The predicted octanol–water partition coefficient (Wildman–Crippen LogP) is 4.74. The summed E-state index contributed by atoms with van der Waals surface area (Å²) in [5.74, 6) is 0.254. The van der Waals surface area contributed by atoms with Crippen molar-refractivity contribution in [2.45, 2.75) is 39.0 Å². The molecule has 1 fully saturated rings. The van der Waals surface area contributed by atoms with Gasteiger partial charge in [-0.3, -0.25) is 0 Å². The van der Waals surface area contributed by atoms with Gasteiger partial charge in [-0.25, -0.2) is 4.39 Å². The molecule has 18 heavy (non-hydrogen) atoms. The SMILES string of the molecule is CC1CCCC(C#N)(Cc2ccc(Cl)cc2F)C1. The van der Waals surface area contributed by atoms with Crippen molar-refractivity contribution in [3.05, 3.63) is 34.6 Å². The van der Waals surface area contributed by atoms with Gasteiger partial charge in [-0.05, 0) is 42.9 Å². The Bertz CT molecular complexity index is 480. The molecule has 2 unspecified atom stereocenters. The fraction of sp³-hybridized carbons (Fsp3) is 0.533. The van der Waals surface area contributed by atoms with E-state index < -0.39 is 5.41 Å². The maximum absolute atomic E-state index is 13.8. The second-order valence-corrected chi connectivity index (χ2v) is 5.94. The average molecular weight is 266 g/mol. The third-order valence-electron chi connectivity index (χ3n) is 3.87. The topological polar surface area (TPSA) is 23.8 Å². The Kier molecular flexibility index (Phi) is 3.92. The molecule has 1 aliphatic rings. The van der Waals surface area contributed by atoms with Crippen LogP contribution in [0.15, 0.2) is 18.2 Å². The van der Waals surface area contributed by atoms with Gasteiger partial charge in [0, 0.05) is 5.02 Å². The van der Waals surface area contributed by atoms with Crippen LogP contribution >= 0.6 is 11.6 Å². The monoisotopic (exact) mass is 265 g/mol. The van der Waals surface area contributed by atoms with Crippen molar-refractivity contribution in [3.63, 3.8) is 0 Å². The van der Waals surface area contributed by atoms with Gasteiger partial charge in [-0.1, -0.05) is 37.4 Å². The van der Waals surface area contributed by atoms with Crippen LogP contribution in [-0.2, 0) is 6.42 Å². The maximum atomic E-state index is 13.8. The van der Waals surface area contributed by atoms with E-state index in [0.29, 0.717) is 22.9 Å². The minimum Gasteiger partial charge on any atom is -0.207 e. The number of nitriles is 1. The van der Waals surface area contributed by atoms with Gasteiger partial charge in [-0.2, -0.15) is 5.26 Å². The van der Waals surface area contributed by atoms with E-state index in [1.807, 2.05) is 0 Å². The number of hydrogen-bond donors (Lipinski definition) is 0. The van der Waals surface area contributed by atoms with Crippen molar-refractivity contribution >= 4 is 11.6 Å². The van der Waals surface area contributed by atoms with Crippen LogP contribution in [0.2, 0.25) is 5.02 Å². The lowest BCUT2D eigenvalue weighted by Gasteiger charge is -2.34. The molecule has 2 atom stereocenters. The molecule has 0 bridgehead atoms. The summed E-state index contributed by atoms with van der Waals surface area (Å²) in [6.07, 6.45) is 4.47. The standard InChI is InChI=1S/C15H17ClFN/c1-11-3-2-6-15(8-11,10-18)9-12-4-5-13(16)7-14(12)17/h4-5,7,11H,2-3,6,8-9H2,1H3. The summed E-state index contributed by atoms with van der Waals surface area (Å²) in [6, 6.07) is 7.16. The Balaban J connectivity index is 2.22. The first-order valence-corrected chi connectivity index (χ1v) is 6.78. The van der Waals surface area contributed by atoms with Gasteiger partial charge in [0.2, 0.25) is 0 Å². The normalized spacial score (nSPS) is 27.8. The Hall–Kier alpha value is -1.07. The van der Waals surface area contributed by atoms with E-state index in [1.54, 1.807) is 12.1 Å². The summed E-state index contributed by atoms with van der Waals surface area (Å²) >= 11 is 5.75. The number of hydrogen-bond acceptors (Lipinski definition) is 1. The fourth-order valence-corrected chi connectivity index (χ4v) is 3.15. The van der Waals surface area contributed by atoms with Crippen molar-refractivity contribution < 1.29 is 4.39 Å². The van der Waals surface area contributed by atoms with Crippen LogP contribution in [0.4, 0.5) is 4.39 Å². The molecule has 1 aliphatic carbocycles. The summed E-state index contributed by atoms with van der Waals surface area (Å²) in [4.78, 5) is 0. The van der Waals surface area contributed by atoms with Gasteiger partial charge in [-0.15, -0.1) is 0 Å². The van der Waals surface area contributed by atoms with Crippen LogP contribution in [0.3, 0.4) is 0 Å². The van der Waals surface area contributed by atoms with Crippen LogP contribution < -0.4 is 0 Å². The molecule has 1 aromatic carbocycles. The second-order valence-electron chi connectivity index (χ2n) is 5.51. The van der Waals surface area contributed by atoms with Gasteiger partial charge in [0.05, 0.1) is 11.5 Å². The first-order chi connectivity index (χ1) is 8.54. The first-order valence-electron chi connectivity index (χ1n) is 6.40. The van der Waals surface area contributed by atoms with E-state index in [0.717, 1.165) is 19.3 Å². The zero-order valence-electron chi connectivity index (χ0n) is 10.5. The zero-order chi connectivity index (χ0) is 13.2. The lowest BCUT2D eigenvalue weighted by molar-refractivity contribution is 0.208. The lowest BCUT2D eigenvalue weighted by Crippen LogP contribution is -2.29. The third kappa shape index (κ3) is 2.84. The van der Waals surface area contributed by atoms with Gasteiger partial charge >= 0.3 is 0 Å². The highest BCUT2D eigenvalue weighted by atomic mass is 35.5. The number of benzene rings is 1. The zero-order valence-corrected chi connectivity index (χ0v) is 11.3. The minimum atomic E-state index is -0.396. The highest BCUT2D eigenvalue weighted by Gasteiger charge is 2.35. The Morgan fingerprint density at radius 2 is 2.33 bits per heavy atom. The van der Waals surface area contributed by atoms with Crippen LogP contribution in [0, 0.1) is 28.5 Å². The number of rotatable bonds is 2. The van der Waals surface area contributed by atoms with Gasteiger partial charge in [0.25, 0.3) is 0 Å². The highest BCUT2D eigenvalue weighted by Crippen LogP contribution is 2.41. The first kappa shape index (κ1) is 13.4. The van der Waals surface area contributed by atoms with Gasteiger partial charge < -0.3 is 0 Å². The molecule has 3 heteroatoms. The summed E-state index contributed by atoms with van der Waals surface area (Å²) in [5, 5.41) is 9.87. The molecule has 0 amide bonds.